The molecule has 2 N–H and O–H groups in total. The number of amides is 1. The Kier molecular flexibility index (Phi) is 3.70. The van der Waals surface area contributed by atoms with Crippen LogP contribution >= 0.6 is 11.3 Å². The molecule has 1 heterocycles. The normalized spacial score (nSPS) is 10.3. The number of hydrogen-bond donors (Lipinski definition) is 2. The van der Waals surface area contributed by atoms with Crippen molar-refractivity contribution in [2.45, 2.75) is 6.92 Å². The van der Waals surface area contributed by atoms with Gasteiger partial charge in [0.2, 0.25) is 5.13 Å². The second-order valence-electron chi connectivity index (χ2n) is 3.65. The molecule has 100 valence electrons. The molecule has 1 amide bonds. The van der Waals surface area contributed by atoms with E-state index in [1.807, 2.05) is 0 Å². The summed E-state index contributed by atoms with van der Waals surface area (Å²) in [4.78, 5) is 11.8. The molecule has 0 unspecified atom stereocenters. The smallest absolute Gasteiger partial charge is 0.257 e. The largest absolute Gasteiger partial charge is 0.383 e. The Labute approximate surface area is 111 Å². The van der Waals surface area contributed by atoms with Crippen molar-refractivity contribution in [2.75, 3.05) is 17.7 Å². The predicted octanol–water partition coefficient (Wildman–Crippen LogP) is 2.42. The molecule has 0 fully saturated rings. The minimum Gasteiger partial charge on any atom is -0.383 e. The van der Waals surface area contributed by atoms with E-state index in [9.17, 15) is 13.6 Å². The molecule has 19 heavy (non-hydrogen) atoms. The van der Waals surface area contributed by atoms with Gasteiger partial charge in [0.05, 0.1) is 0 Å². The number of nitrogens with zero attached hydrogens (tertiary/aromatic N) is 2. The van der Waals surface area contributed by atoms with Crippen molar-refractivity contribution in [3.05, 3.63) is 34.3 Å². The van der Waals surface area contributed by atoms with Gasteiger partial charge in [0.15, 0.2) is 0 Å². The van der Waals surface area contributed by atoms with Gasteiger partial charge in [-0.25, -0.2) is 8.78 Å². The maximum atomic E-state index is 13.5. The Bertz CT molecular complexity index is 606. The average Bonchev–Trinajstić information content (AvgIpc) is 2.74. The summed E-state index contributed by atoms with van der Waals surface area (Å²) in [6.07, 6.45) is 0. The van der Waals surface area contributed by atoms with Gasteiger partial charge in [-0.15, -0.1) is 10.2 Å². The predicted molar refractivity (Wildman–Crippen MR) is 68.5 cm³/mol. The number of nitrogens with one attached hydrogen (secondary N) is 2. The fourth-order valence-electron chi connectivity index (χ4n) is 1.46. The topological polar surface area (TPSA) is 66.9 Å². The highest BCUT2D eigenvalue weighted by molar-refractivity contribution is 7.15. The van der Waals surface area contributed by atoms with Crippen molar-refractivity contribution in [3.8, 4) is 0 Å². The van der Waals surface area contributed by atoms with Crippen LogP contribution in [0.15, 0.2) is 12.1 Å². The maximum Gasteiger partial charge on any atom is 0.257 e. The molecule has 0 saturated carbocycles. The van der Waals surface area contributed by atoms with Crippen molar-refractivity contribution < 1.29 is 13.6 Å². The highest BCUT2D eigenvalue weighted by Crippen LogP contribution is 2.21. The van der Waals surface area contributed by atoms with Crippen LogP contribution in [0.4, 0.5) is 19.6 Å². The lowest BCUT2D eigenvalue weighted by Gasteiger charge is -2.07. The third kappa shape index (κ3) is 2.84. The lowest BCUT2D eigenvalue weighted by molar-refractivity contribution is 0.102. The molecule has 1 aromatic heterocycles. The number of halogens is 2. The molecule has 2 aromatic rings. The summed E-state index contributed by atoms with van der Waals surface area (Å²) < 4.78 is 27.0. The summed E-state index contributed by atoms with van der Waals surface area (Å²) in [5, 5.41) is 13.2. The van der Waals surface area contributed by atoms with Crippen molar-refractivity contribution in [2.24, 2.45) is 0 Å². The third-order valence-electron chi connectivity index (χ3n) is 2.30. The number of benzene rings is 1. The first-order valence-electron chi connectivity index (χ1n) is 5.29. The Morgan fingerprint density at radius 1 is 1.26 bits per heavy atom. The Balaban J connectivity index is 2.24. The third-order valence-corrected chi connectivity index (χ3v) is 3.05. The van der Waals surface area contributed by atoms with Crippen LogP contribution in [-0.4, -0.2) is 23.2 Å². The number of hydrogen-bond acceptors (Lipinski definition) is 5. The van der Waals surface area contributed by atoms with E-state index in [0.29, 0.717) is 5.01 Å². The monoisotopic (exact) mass is 284 g/mol. The van der Waals surface area contributed by atoms with E-state index >= 15 is 0 Å². The summed E-state index contributed by atoms with van der Waals surface area (Å²) in [7, 11) is 1.39. The van der Waals surface area contributed by atoms with Gasteiger partial charge in [-0.3, -0.25) is 10.1 Å². The molecule has 0 aliphatic carbocycles. The zero-order valence-corrected chi connectivity index (χ0v) is 10.9. The quantitative estimate of drug-likeness (QED) is 0.908. The zero-order valence-electron chi connectivity index (χ0n) is 10.1. The number of anilines is 2. The SMILES string of the molecule is CNc1c(F)cc(C(=O)Nc2nnc(C)s2)cc1F. The highest BCUT2D eigenvalue weighted by atomic mass is 32.1. The van der Waals surface area contributed by atoms with Crippen LogP contribution in [0.2, 0.25) is 0 Å². The minimum absolute atomic E-state index is 0.123. The molecule has 0 spiro atoms. The number of aryl methyl sites for hydroxylation is 1. The maximum absolute atomic E-state index is 13.5. The summed E-state index contributed by atoms with van der Waals surface area (Å²) in [5.41, 5.74) is -0.398. The van der Waals surface area contributed by atoms with E-state index in [4.69, 9.17) is 0 Å². The van der Waals surface area contributed by atoms with Gasteiger partial charge in [0, 0.05) is 12.6 Å². The van der Waals surface area contributed by atoms with Crippen LogP contribution in [0.1, 0.15) is 15.4 Å². The van der Waals surface area contributed by atoms with Gasteiger partial charge in [-0.2, -0.15) is 0 Å². The van der Waals surface area contributed by atoms with Crippen molar-refractivity contribution in [1.82, 2.24) is 10.2 Å². The second kappa shape index (κ2) is 5.27. The van der Waals surface area contributed by atoms with Crippen LogP contribution in [0.5, 0.6) is 0 Å². The molecule has 0 bridgehead atoms. The zero-order chi connectivity index (χ0) is 14.0. The van der Waals surface area contributed by atoms with Gasteiger partial charge in [-0.1, -0.05) is 11.3 Å². The lowest BCUT2D eigenvalue weighted by atomic mass is 10.1. The second-order valence-corrected chi connectivity index (χ2v) is 4.83. The van der Waals surface area contributed by atoms with Gasteiger partial charge in [0.25, 0.3) is 5.91 Å². The number of carbonyl (C=O) groups is 1. The first kappa shape index (κ1) is 13.3. The summed E-state index contributed by atoms with van der Waals surface area (Å²) in [5.74, 6) is -2.31. The van der Waals surface area contributed by atoms with Gasteiger partial charge in [-0.05, 0) is 19.1 Å². The molecule has 0 aliphatic rings. The molecule has 0 atom stereocenters. The van der Waals surface area contributed by atoms with E-state index in [2.05, 4.69) is 20.8 Å². The first-order valence-corrected chi connectivity index (χ1v) is 6.11. The summed E-state index contributed by atoms with van der Waals surface area (Å²) in [6.45, 7) is 1.73. The van der Waals surface area contributed by atoms with Crippen molar-refractivity contribution >= 4 is 28.1 Å². The van der Waals surface area contributed by atoms with E-state index in [1.165, 1.54) is 18.4 Å². The highest BCUT2D eigenvalue weighted by Gasteiger charge is 2.15. The molecule has 2 rings (SSSR count). The van der Waals surface area contributed by atoms with E-state index in [1.54, 1.807) is 6.92 Å². The van der Waals surface area contributed by atoms with E-state index in [-0.39, 0.29) is 16.4 Å². The average molecular weight is 284 g/mol. The molecule has 0 radical (unpaired) electrons. The fourth-order valence-corrected chi connectivity index (χ4v) is 2.05. The number of aromatic nitrogens is 2. The number of rotatable bonds is 3. The molecule has 8 heteroatoms. The Morgan fingerprint density at radius 3 is 2.37 bits per heavy atom. The summed E-state index contributed by atoms with van der Waals surface area (Å²) in [6, 6.07) is 1.91. The van der Waals surface area contributed by atoms with Crippen LogP contribution in [-0.2, 0) is 0 Å². The van der Waals surface area contributed by atoms with Crippen LogP contribution in [0.25, 0.3) is 0 Å². The molecule has 5 nitrogen and oxygen atoms in total. The van der Waals surface area contributed by atoms with Crippen LogP contribution < -0.4 is 10.6 Å². The first-order chi connectivity index (χ1) is 9.01. The van der Waals surface area contributed by atoms with Crippen molar-refractivity contribution in [3.63, 3.8) is 0 Å². The van der Waals surface area contributed by atoms with Crippen LogP contribution in [0.3, 0.4) is 0 Å². The molecular formula is C11H10F2N4OS. The van der Waals surface area contributed by atoms with Gasteiger partial charge >= 0.3 is 0 Å². The standard InChI is InChI=1S/C11H10F2N4OS/c1-5-16-17-11(19-5)15-10(18)6-3-7(12)9(14-2)8(13)4-6/h3-4,14H,1-2H3,(H,15,17,18). The van der Waals surface area contributed by atoms with Crippen LogP contribution in [0, 0.1) is 18.6 Å². The Morgan fingerprint density at radius 2 is 1.89 bits per heavy atom. The molecular weight excluding hydrogens is 274 g/mol. The lowest BCUT2D eigenvalue weighted by Crippen LogP contribution is -2.13. The van der Waals surface area contributed by atoms with Gasteiger partial charge in [0.1, 0.15) is 22.3 Å². The molecule has 1 aromatic carbocycles. The van der Waals surface area contributed by atoms with Crippen molar-refractivity contribution in [1.29, 1.82) is 0 Å². The van der Waals surface area contributed by atoms with E-state index < -0.39 is 17.5 Å². The summed E-state index contributed by atoms with van der Waals surface area (Å²) >= 11 is 1.17. The molecule has 0 aliphatic heterocycles. The molecule has 0 saturated heterocycles. The number of carbonyl (C=O) groups excluding carboxylic acids is 1. The fraction of sp³-hybridized carbons (Fsp3) is 0.182. The Hall–Kier alpha value is -2.09. The minimum atomic E-state index is -0.832. The van der Waals surface area contributed by atoms with Gasteiger partial charge < -0.3 is 5.32 Å². The van der Waals surface area contributed by atoms with E-state index in [0.717, 1.165) is 12.1 Å².